The first-order valence-electron chi connectivity index (χ1n) is 7.02. The fourth-order valence-electron chi connectivity index (χ4n) is 2.66. The lowest BCUT2D eigenvalue weighted by Gasteiger charge is -2.36. The zero-order chi connectivity index (χ0) is 13.7. The summed E-state index contributed by atoms with van der Waals surface area (Å²) in [6, 6.07) is 0.000840. The van der Waals surface area contributed by atoms with E-state index in [1.54, 1.807) is 0 Å². The lowest BCUT2D eigenvalue weighted by atomic mass is 10.0. The molecule has 2 fully saturated rings. The average molecular weight is 306 g/mol. The van der Waals surface area contributed by atoms with Gasteiger partial charge in [0.25, 0.3) is 0 Å². The van der Waals surface area contributed by atoms with E-state index in [9.17, 15) is 9.59 Å². The van der Waals surface area contributed by atoms with E-state index in [-0.39, 0.29) is 30.3 Å². The van der Waals surface area contributed by atoms with Crippen molar-refractivity contribution in [2.45, 2.75) is 25.3 Å². The van der Waals surface area contributed by atoms with Gasteiger partial charge in [0, 0.05) is 26.2 Å². The fourth-order valence-corrected chi connectivity index (χ4v) is 2.66. The molecular formula is C13H24ClN3O3. The third-order valence-corrected chi connectivity index (χ3v) is 3.87. The topological polar surface area (TPSA) is 61.9 Å². The maximum atomic E-state index is 12.3. The molecule has 0 radical (unpaired) electrons. The van der Waals surface area contributed by atoms with Crippen LogP contribution in [0.2, 0.25) is 0 Å². The average Bonchev–Trinajstić information content (AvgIpc) is 2.48. The molecule has 0 aromatic rings. The molecule has 7 heteroatoms. The third-order valence-electron chi connectivity index (χ3n) is 3.87. The number of ether oxygens (including phenoxy) is 1. The number of hydrogen-bond acceptors (Lipinski definition) is 5. The van der Waals surface area contributed by atoms with Crippen LogP contribution < -0.4 is 5.32 Å². The first kappa shape index (κ1) is 17.2. The Bertz CT molecular complexity index is 327. The number of rotatable bonds is 3. The van der Waals surface area contributed by atoms with Crippen LogP contribution in [-0.4, -0.2) is 74.1 Å². The summed E-state index contributed by atoms with van der Waals surface area (Å²) < 4.78 is 4.65. The molecule has 0 saturated carbocycles. The van der Waals surface area contributed by atoms with Gasteiger partial charge in [0.15, 0.2) is 0 Å². The first-order valence-corrected chi connectivity index (χ1v) is 7.02. The number of piperidine rings is 1. The predicted octanol–water partition coefficient (Wildman–Crippen LogP) is -0.132. The molecule has 2 aliphatic rings. The smallest absolute Gasteiger partial charge is 0.319 e. The molecule has 1 atom stereocenters. The lowest BCUT2D eigenvalue weighted by molar-refractivity contribution is -0.143. The molecule has 2 saturated heterocycles. The molecule has 0 unspecified atom stereocenters. The molecule has 116 valence electrons. The second-order valence-electron chi connectivity index (χ2n) is 5.18. The Balaban J connectivity index is 0.00000200. The van der Waals surface area contributed by atoms with Crippen molar-refractivity contribution in [1.82, 2.24) is 15.1 Å². The van der Waals surface area contributed by atoms with Crippen LogP contribution >= 0.6 is 12.4 Å². The molecule has 1 N–H and O–H groups in total. The number of piperazine rings is 1. The Morgan fingerprint density at radius 2 is 1.90 bits per heavy atom. The highest BCUT2D eigenvalue weighted by Crippen LogP contribution is 2.11. The van der Waals surface area contributed by atoms with Crippen LogP contribution in [0.4, 0.5) is 0 Å². The Hall–Kier alpha value is -0.850. The Kier molecular flexibility index (Phi) is 7.26. The summed E-state index contributed by atoms with van der Waals surface area (Å²) in [6.07, 6.45) is 3.24. The monoisotopic (exact) mass is 305 g/mol. The number of esters is 1. The van der Waals surface area contributed by atoms with Crippen LogP contribution in [0.1, 0.15) is 19.3 Å². The number of nitrogens with one attached hydrogen (secondary N) is 1. The quantitative estimate of drug-likeness (QED) is 0.736. The highest BCUT2D eigenvalue weighted by atomic mass is 35.5. The minimum atomic E-state index is -0.214. The second-order valence-corrected chi connectivity index (χ2v) is 5.18. The largest absolute Gasteiger partial charge is 0.468 e. The molecule has 2 aliphatic heterocycles. The normalized spacial score (nSPS) is 23.9. The minimum Gasteiger partial charge on any atom is -0.468 e. The summed E-state index contributed by atoms with van der Waals surface area (Å²) in [4.78, 5) is 27.4. The highest BCUT2D eigenvalue weighted by Gasteiger charge is 2.28. The SMILES string of the molecule is COC(=O)CN1CCN(C(=O)[C@H]2CCCCN2)CC1.Cl. The van der Waals surface area contributed by atoms with E-state index in [0.717, 1.165) is 38.9 Å². The van der Waals surface area contributed by atoms with Gasteiger partial charge in [-0.1, -0.05) is 6.42 Å². The number of carbonyl (C=O) groups is 2. The van der Waals surface area contributed by atoms with Crippen LogP contribution in [0.15, 0.2) is 0 Å². The lowest BCUT2D eigenvalue weighted by Crippen LogP contribution is -2.55. The number of nitrogens with zero attached hydrogens (tertiary/aromatic N) is 2. The number of halogens is 1. The van der Waals surface area contributed by atoms with Crippen LogP contribution in [0.25, 0.3) is 0 Å². The zero-order valence-electron chi connectivity index (χ0n) is 12.0. The number of methoxy groups -OCH3 is 1. The van der Waals surface area contributed by atoms with Crippen molar-refractivity contribution < 1.29 is 14.3 Å². The summed E-state index contributed by atoms with van der Waals surface area (Å²) in [7, 11) is 1.40. The number of carbonyl (C=O) groups excluding carboxylic acids is 2. The molecule has 1 amide bonds. The Labute approximate surface area is 126 Å². The van der Waals surface area contributed by atoms with Crippen molar-refractivity contribution in [2.24, 2.45) is 0 Å². The van der Waals surface area contributed by atoms with E-state index in [4.69, 9.17) is 0 Å². The van der Waals surface area contributed by atoms with Crippen molar-refractivity contribution >= 4 is 24.3 Å². The summed E-state index contributed by atoms with van der Waals surface area (Å²) in [6.45, 7) is 4.15. The minimum absolute atomic E-state index is 0. The standard InChI is InChI=1S/C13H23N3O3.ClH/c1-19-12(17)10-15-6-8-16(9-7-15)13(18)11-4-2-3-5-14-11;/h11,14H,2-10H2,1H3;1H/t11-;/m1./s1. The summed E-state index contributed by atoms with van der Waals surface area (Å²) in [5.74, 6) is 0.00569. The van der Waals surface area contributed by atoms with Crippen molar-refractivity contribution in [2.75, 3.05) is 46.4 Å². The second kappa shape index (κ2) is 8.44. The molecule has 20 heavy (non-hydrogen) atoms. The van der Waals surface area contributed by atoms with Gasteiger partial charge < -0.3 is 15.0 Å². The van der Waals surface area contributed by atoms with Crippen LogP contribution in [0.3, 0.4) is 0 Å². The van der Waals surface area contributed by atoms with E-state index in [1.807, 2.05) is 9.80 Å². The first-order chi connectivity index (χ1) is 9.20. The van der Waals surface area contributed by atoms with Gasteiger partial charge in [-0.15, -0.1) is 12.4 Å². The van der Waals surface area contributed by atoms with Gasteiger partial charge in [0.05, 0.1) is 19.7 Å². The Morgan fingerprint density at radius 3 is 2.45 bits per heavy atom. The van der Waals surface area contributed by atoms with Crippen LogP contribution in [0, 0.1) is 0 Å². The molecule has 6 nitrogen and oxygen atoms in total. The molecule has 0 bridgehead atoms. The fraction of sp³-hybridized carbons (Fsp3) is 0.846. The van der Waals surface area contributed by atoms with Crippen molar-refractivity contribution in [3.05, 3.63) is 0 Å². The summed E-state index contributed by atoms with van der Waals surface area (Å²) in [5.41, 5.74) is 0. The molecule has 0 aliphatic carbocycles. The van der Waals surface area contributed by atoms with Gasteiger partial charge in [-0.3, -0.25) is 14.5 Å². The van der Waals surface area contributed by atoms with Gasteiger partial charge in [0.2, 0.25) is 5.91 Å². The van der Waals surface area contributed by atoms with E-state index in [2.05, 4.69) is 10.1 Å². The van der Waals surface area contributed by atoms with Crippen molar-refractivity contribution in [3.63, 3.8) is 0 Å². The van der Waals surface area contributed by atoms with Gasteiger partial charge in [-0.25, -0.2) is 0 Å². The summed E-state index contributed by atoms with van der Waals surface area (Å²) >= 11 is 0. The maximum Gasteiger partial charge on any atom is 0.319 e. The van der Waals surface area contributed by atoms with Gasteiger partial charge >= 0.3 is 5.97 Å². The van der Waals surface area contributed by atoms with Crippen molar-refractivity contribution in [1.29, 1.82) is 0 Å². The van der Waals surface area contributed by atoms with Crippen molar-refractivity contribution in [3.8, 4) is 0 Å². The molecule has 0 aromatic heterocycles. The predicted molar refractivity (Wildman–Crippen MR) is 77.9 cm³/mol. The number of hydrogen-bond donors (Lipinski definition) is 1. The van der Waals surface area contributed by atoms with Crippen LogP contribution in [0.5, 0.6) is 0 Å². The maximum absolute atomic E-state index is 12.3. The van der Waals surface area contributed by atoms with E-state index >= 15 is 0 Å². The molecule has 0 aromatic carbocycles. The summed E-state index contributed by atoms with van der Waals surface area (Å²) in [5, 5.41) is 3.29. The molecule has 2 rings (SSSR count). The molecule has 0 spiro atoms. The van der Waals surface area contributed by atoms with E-state index in [0.29, 0.717) is 19.6 Å². The molecule has 2 heterocycles. The van der Waals surface area contributed by atoms with Gasteiger partial charge in [0.1, 0.15) is 0 Å². The van der Waals surface area contributed by atoms with Gasteiger partial charge in [-0.05, 0) is 19.4 Å². The third kappa shape index (κ3) is 4.61. The molecular weight excluding hydrogens is 282 g/mol. The van der Waals surface area contributed by atoms with Crippen LogP contribution in [-0.2, 0) is 14.3 Å². The Morgan fingerprint density at radius 1 is 1.20 bits per heavy atom. The van der Waals surface area contributed by atoms with Gasteiger partial charge in [-0.2, -0.15) is 0 Å². The zero-order valence-corrected chi connectivity index (χ0v) is 12.8. The van der Waals surface area contributed by atoms with E-state index in [1.165, 1.54) is 7.11 Å². The highest BCUT2D eigenvalue weighted by molar-refractivity contribution is 5.85. The number of amides is 1. The van der Waals surface area contributed by atoms with E-state index < -0.39 is 0 Å².